The van der Waals surface area contributed by atoms with Crippen molar-refractivity contribution in [3.63, 3.8) is 0 Å². The summed E-state index contributed by atoms with van der Waals surface area (Å²) >= 11 is 0. The van der Waals surface area contributed by atoms with Crippen LogP contribution in [0.1, 0.15) is 11.3 Å². The van der Waals surface area contributed by atoms with Crippen LogP contribution >= 0.6 is 0 Å². The molecule has 14 heavy (non-hydrogen) atoms. The largest absolute Gasteiger partial charge is 0.384 e. The molecule has 0 aliphatic carbocycles. The lowest BCUT2D eigenvalue weighted by Crippen LogP contribution is -1.93. The average molecular weight is 187 g/mol. The molecule has 2 N–H and O–H groups in total. The van der Waals surface area contributed by atoms with Crippen LogP contribution < -0.4 is 5.73 Å². The van der Waals surface area contributed by atoms with Gasteiger partial charge in [-0.1, -0.05) is 11.0 Å². The molecule has 70 valence electrons. The Kier molecular flexibility index (Phi) is 3.36. The van der Waals surface area contributed by atoms with Crippen LogP contribution in [0.2, 0.25) is 0 Å². The summed E-state index contributed by atoms with van der Waals surface area (Å²) in [5.74, 6) is 5.87. The van der Waals surface area contributed by atoms with Gasteiger partial charge in [0.15, 0.2) is 0 Å². The number of aromatic nitrogens is 1. The molecule has 1 aromatic rings. The van der Waals surface area contributed by atoms with Crippen molar-refractivity contribution in [3.8, 4) is 11.8 Å². The fourth-order valence-corrected chi connectivity index (χ4v) is 0.955. The Bertz CT molecular complexity index is 414. The van der Waals surface area contributed by atoms with E-state index in [9.17, 15) is 0 Å². The minimum absolute atomic E-state index is 0.145. The highest BCUT2D eigenvalue weighted by atomic mass is 15.1. The molecule has 1 rings (SSSR count). The molecule has 0 aromatic carbocycles. The van der Waals surface area contributed by atoms with Crippen molar-refractivity contribution in [2.45, 2.75) is 6.92 Å². The van der Waals surface area contributed by atoms with Crippen LogP contribution in [-0.2, 0) is 0 Å². The first-order valence-corrected chi connectivity index (χ1v) is 3.96. The molecule has 5 heteroatoms. The molecular formula is C9H9N5. The van der Waals surface area contributed by atoms with Crippen LogP contribution in [0.4, 0.5) is 5.82 Å². The van der Waals surface area contributed by atoms with Gasteiger partial charge in [0, 0.05) is 4.91 Å². The lowest BCUT2D eigenvalue weighted by atomic mass is 10.2. The van der Waals surface area contributed by atoms with Gasteiger partial charge in [0.2, 0.25) is 0 Å². The van der Waals surface area contributed by atoms with Gasteiger partial charge < -0.3 is 5.73 Å². The summed E-state index contributed by atoms with van der Waals surface area (Å²) < 4.78 is 0. The van der Waals surface area contributed by atoms with Crippen molar-refractivity contribution in [1.29, 1.82) is 0 Å². The van der Waals surface area contributed by atoms with Gasteiger partial charge in [-0.05, 0) is 36.1 Å². The van der Waals surface area contributed by atoms with E-state index in [0.29, 0.717) is 11.5 Å². The van der Waals surface area contributed by atoms with E-state index in [2.05, 4.69) is 26.9 Å². The highest BCUT2D eigenvalue weighted by Gasteiger charge is 1.92. The van der Waals surface area contributed by atoms with Crippen molar-refractivity contribution >= 4 is 5.82 Å². The monoisotopic (exact) mass is 187 g/mol. The summed E-state index contributed by atoms with van der Waals surface area (Å²) in [6, 6.07) is 3.58. The molecule has 0 bridgehead atoms. The zero-order valence-electron chi connectivity index (χ0n) is 7.73. The number of nitrogens with two attached hydrogens (primary N) is 1. The van der Waals surface area contributed by atoms with Gasteiger partial charge in [0.1, 0.15) is 11.5 Å². The summed E-state index contributed by atoms with van der Waals surface area (Å²) in [6.07, 6.45) is 0. The molecule has 0 saturated heterocycles. The van der Waals surface area contributed by atoms with E-state index in [1.165, 1.54) is 0 Å². The highest BCUT2D eigenvalue weighted by molar-refractivity contribution is 5.40. The number of nitrogen functional groups attached to an aromatic ring is 1. The standard InChI is InChI=1S/C9H9N5/c1-7-5-8(13-9(10)6-7)3-2-4-12-14-11/h5-6H,4H2,1H3,(H2,10,13). The lowest BCUT2D eigenvalue weighted by Gasteiger charge is -1.96. The van der Waals surface area contributed by atoms with Crippen molar-refractivity contribution in [3.05, 3.63) is 33.8 Å². The van der Waals surface area contributed by atoms with Gasteiger partial charge in [0.25, 0.3) is 0 Å². The SMILES string of the molecule is Cc1cc(N)nc(C#CCN=[N+]=[N-])c1. The number of hydrogen-bond donors (Lipinski definition) is 1. The van der Waals surface area contributed by atoms with E-state index in [0.717, 1.165) is 5.56 Å². The quantitative estimate of drug-likeness (QED) is 0.313. The van der Waals surface area contributed by atoms with E-state index >= 15 is 0 Å². The summed E-state index contributed by atoms with van der Waals surface area (Å²) in [4.78, 5) is 6.58. The number of hydrogen-bond acceptors (Lipinski definition) is 3. The minimum atomic E-state index is 0.145. The van der Waals surface area contributed by atoms with E-state index in [1.807, 2.05) is 13.0 Å². The average Bonchev–Trinajstić information content (AvgIpc) is 2.11. The summed E-state index contributed by atoms with van der Waals surface area (Å²) in [5, 5.41) is 3.28. The second kappa shape index (κ2) is 4.75. The predicted molar refractivity (Wildman–Crippen MR) is 54.3 cm³/mol. The van der Waals surface area contributed by atoms with E-state index in [1.54, 1.807) is 6.07 Å². The molecule has 5 nitrogen and oxygen atoms in total. The van der Waals surface area contributed by atoms with Gasteiger partial charge in [-0.15, -0.1) is 0 Å². The maximum atomic E-state index is 8.01. The predicted octanol–water partition coefficient (Wildman–Crippen LogP) is 1.63. The van der Waals surface area contributed by atoms with Gasteiger partial charge >= 0.3 is 0 Å². The highest BCUT2D eigenvalue weighted by Crippen LogP contribution is 2.04. The molecule has 0 aliphatic heterocycles. The zero-order valence-corrected chi connectivity index (χ0v) is 7.73. The third-order valence-electron chi connectivity index (χ3n) is 1.42. The number of pyridine rings is 1. The fourth-order valence-electron chi connectivity index (χ4n) is 0.955. The maximum Gasteiger partial charge on any atom is 0.125 e. The van der Waals surface area contributed by atoms with Crippen molar-refractivity contribution in [2.75, 3.05) is 12.3 Å². The van der Waals surface area contributed by atoms with Crippen LogP contribution in [0.5, 0.6) is 0 Å². The molecule has 0 unspecified atom stereocenters. The van der Waals surface area contributed by atoms with Crippen molar-refractivity contribution in [1.82, 2.24) is 4.98 Å². The normalized spacial score (nSPS) is 8.36. The Morgan fingerprint density at radius 3 is 3.07 bits per heavy atom. The Labute approximate surface area is 81.6 Å². The molecule has 1 aromatic heterocycles. The first-order chi connectivity index (χ1) is 6.72. The lowest BCUT2D eigenvalue weighted by molar-refractivity contribution is 1.23. The number of rotatable bonds is 1. The Morgan fingerprint density at radius 1 is 1.64 bits per heavy atom. The number of nitrogens with zero attached hydrogens (tertiary/aromatic N) is 4. The molecular weight excluding hydrogens is 178 g/mol. The second-order valence-corrected chi connectivity index (χ2v) is 2.65. The van der Waals surface area contributed by atoms with E-state index in [4.69, 9.17) is 11.3 Å². The Hall–Kier alpha value is -2.18. The zero-order chi connectivity index (χ0) is 10.4. The van der Waals surface area contributed by atoms with Crippen LogP contribution in [0.3, 0.4) is 0 Å². The Balaban J connectivity index is 2.84. The van der Waals surface area contributed by atoms with Crippen LogP contribution in [0.15, 0.2) is 17.2 Å². The topological polar surface area (TPSA) is 87.7 Å². The second-order valence-electron chi connectivity index (χ2n) is 2.65. The van der Waals surface area contributed by atoms with Gasteiger partial charge in [-0.25, -0.2) is 4.98 Å². The third kappa shape index (κ3) is 3.05. The van der Waals surface area contributed by atoms with Gasteiger partial charge in [-0.2, -0.15) is 0 Å². The molecule has 0 amide bonds. The summed E-state index contributed by atoms with van der Waals surface area (Å²) in [7, 11) is 0. The van der Waals surface area contributed by atoms with Crippen LogP contribution in [0.25, 0.3) is 10.4 Å². The molecule has 0 fully saturated rings. The van der Waals surface area contributed by atoms with Crippen molar-refractivity contribution in [2.24, 2.45) is 5.11 Å². The number of aryl methyl sites for hydroxylation is 1. The molecule has 0 atom stereocenters. The molecule has 0 saturated carbocycles. The van der Waals surface area contributed by atoms with Gasteiger partial charge in [-0.3, -0.25) is 0 Å². The molecule has 1 heterocycles. The maximum absolute atomic E-state index is 8.01. The summed E-state index contributed by atoms with van der Waals surface area (Å²) in [5.41, 5.74) is 15.1. The number of anilines is 1. The molecule has 0 spiro atoms. The molecule has 0 radical (unpaired) electrons. The van der Waals surface area contributed by atoms with Crippen molar-refractivity contribution < 1.29 is 0 Å². The van der Waals surface area contributed by atoms with Crippen LogP contribution in [-0.4, -0.2) is 11.5 Å². The Morgan fingerprint density at radius 2 is 2.43 bits per heavy atom. The minimum Gasteiger partial charge on any atom is -0.384 e. The van der Waals surface area contributed by atoms with E-state index < -0.39 is 0 Å². The third-order valence-corrected chi connectivity index (χ3v) is 1.42. The fraction of sp³-hybridized carbons (Fsp3) is 0.222. The number of azide groups is 1. The first-order valence-electron chi connectivity index (χ1n) is 3.96. The first kappa shape index (κ1) is 9.90. The summed E-state index contributed by atoms with van der Waals surface area (Å²) in [6.45, 7) is 2.06. The molecule has 0 aliphatic rings. The van der Waals surface area contributed by atoms with E-state index in [-0.39, 0.29) is 6.54 Å². The smallest absolute Gasteiger partial charge is 0.125 e. The van der Waals surface area contributed by atoms with Crippen LogP contribution in [0, 0.1) is 18.8 Å². The van der Waals surface area contributed by atoms with Gasteiger partial charge in [0.05, 0.1) is 6.54 Å².